The van der Waals surface area contributed by atoms with Crippen LogP contribution in [0, 0.1) is 12.8 Å². The molecule has 1 N–H and O–H groups in total. The third-order valence-corrected chi connectivity index (χ3v) is 3.86. The van der Waals surface area contributed by atoms with Gasteiger partial charge in [0.25, 0.3) is 0 Å². The first-order valence-corrected chi connectivity index (χ1v) is 7.23. The predicted octanol–water partition coefficient (Wildman–Crippen LogP) is 3.15. The van der Waals surface area contributed by atoms with Crippen molar-refractivity contribution in [3.63, 3.8) is 0 Å². The number of rotatable bonds is 3. The number of aryl methyl sites for hydroxylation is 1. The fourth-order valence-electron chi connectivity index (χ4n) is 2.75. The van der Waals surface area contributed by atoms with E-state index in [4.69, 9.17) is 9.94 Å². The summed E-state index contributed by atoms with van der Waals surface area (Å²) in [6.07, 6.45) is 0.803. The molecule has 0 bridgehead atoms. The number of carbonyl (C=O) groups is 1. The fraction of sp³-hybridized carbons (Fsp3) is 0.222. The van der Waals surface area contributed by atoms with Gasteiger partial charge < -0.3 is 9.94 Å². The number of nitrogens with zero attached hydrogens (tertiary/aromatic N) is 1. The van der Waals surface area contributed by atoms with Crippen molar-refractivity contribution in [1.82, 2.24) is 0 Å². The summed E-state index contributed by atoms with van der Waals surface area (Å²) in [4.78, 5) is 12.6. The molecule has 2 aromatic carbocycles. The summed E-state index contributed by atoms with van der Waals surface area (Å²) in [6, 6.07) is 15.3. The van der Waals surface area contributed by atoms with Crippen molar-refractivity contribution in [3.05, 3.63) is 65.2 Å². The van der Waals surface area contributed by atoms with Crippen LogP contribution in [0.4, 0.5) is 0 Å². The summed E-state index contributed by atoms with van der Waals surface area (Å²) in [5.74, 6) is 0.180. The van der Waals surface area contributed by atoms with Gasteiger partial charge in [0.2, 0.25) is 5.90 Å². The van der Waals surface area contributed by atoms with Crippen LogP contribution >= 0.6 is 0 Å². The highest BCUT2D eigenvalue weighted by Crippen LogP contribution is 2.29. The van der Waals surface area contributed by atoms with Crippen molar-refractivity contribution < 1.29 is 14.7 Å². The van der Waals surface area contributed by atoms with E-state index in [9.17, 15) is 4.79 Å². The molecule has 0 saturated heterocycles. The number of ketones is 1. The molecule has 1 unspecified atom stereocenters. The van der Waals surface area contributed by atoms with Crippen LogP contribution in [0.2, 0.25) is 0 Å². The van der Waals surface area contributed by atoms with E-state index < -0.39 is 5.92 Å². The van der Waals surface area contributed by atoms with Gasteiger partial charge in [-0.3, -0.25) is 4.79 Å². The Balaban J connectivity index is 1.82. The molecule has 0 aliphatic carbocycles. The van der Waals surface area contributed by atoms with Crippen LogP contribution in [-0.4, -0.2) is 16.9 Å². The van der Waals surface area contributed by atoms with E-state index in [-0.39, 0.29) is 11.7 Å². The Morgan fingerprint density at radius 3 is 2.86 bits per heavy atom. The van der Waals surface area contributed by atoms with Crippen LogP contribution in [0.3, 0.4) is 0 Å². The van der Waals surface area contributed by atoms with E-state index in [1.807, 2.05) is 55.5 Å². The second-order valence-electron chi connectivity index (χ2n) is 5.54. The maximum Gasteiger partial charge on any atom is 0.241 e. The molecular formula is C18H17NO3. The number of benzene rings is 2. The topological polar surface area (TPSA) is 58.9 Å². The largest absolute Gasteiger partial charge is 0.439 e. The summed E-state index contributed by atoms with van der Waals surface area (Å²) in [5.41, 5.74) is 3.03. The van der Waals surface area contributed by atoms with Gasteiger partial charge in [0.1, 0.15) is 17.5 Å². The zero-order chi connectivity index (χ0) is 15.5. The highest BCUT2D eigenvalue weighted by molar-refractivity contribution is 6.04. The lowest BCUT2D eigenvalue weighted by molar-refractivity contribution is -0.120. The van der Waals surface area contributed by atoms with Crippen molar-refractivity contribution in [3.8, 4) is 5.75 Å². The lowest BCUT2D eigenvalue weighted by atomic mass is 9.89. The normalized spacial score (nSPS) is 18.6. The van der Waals surface area contributed by atoms with Gasteiger partial charge >= 0.3 is 0 Å². The first-order valence-electron chi connectivity index (χ1n) is 7.23. The summed E-state index contributed by atoms with van der Waals surface area (Å²) in [7, 11) is 0. The third-order valence-electron chi connectivity index (χ3n) is 3.86. The van der Waals surface area contributed by atoms with Gasteiger partial charge in [0.05, 0.1) is 0 Å². The first-order chi connectivity index (χ1) is 10.7. The summed E-state index contributed by atoms with van der Waals surface area (Å²) in [5, 5.41) is 12.3. The molecule has 1 heterocycles. The Kier molecular flexibility index (Phi) is 3.92. The Bertz CT molecular complexity index is 737. The number of para-hydroxylation sites is 1. The van der Waals surface area contributed by atoms with E-state index in [1.165, 1.54) is 0 Å². The number of hydrogen-bond acceptors (Lipinski definition) is 4. The van der Waals surface area contributed by atoms with E-state index in [0.717, 1.165) is 16.7 Å². The van der Waals surface area contributed by atoms with Gasteiger partial charge in [-0.05, 0) is 30.5 Å². The summed E-state index contributed by atoms with van der Waals surface area (Å²) < 4.78 is 5.56. The molecule has 112 valence electrons. The minimum Gasteiger partial charge on any atom is -0.439 e. The maximum absolute atomic E-state index is 12.6. The zero-order valence-corrected chi connectivity index (χ0v) is 12.3. The highest BCUT2D eigenvalue weighted by atomic mass is 16.5. The second kappa shape index (κ2) is 6.02. The molecule has 1 atom stereocenters. The number of ether oxygens (including phenoxy) is 1. The van der Waals surface area contributed by atoms with Crippen LogP contribution in [-0.2, 0) is 17.6 Å². The molecular weight excluding hydrogens is 278 g/mol. The predicted molar refractivity (Wildman–Crippen MR) is 83.4 cm³/mol. The molecule has 0 aromatic heterocycles. The van der Waals surface area contributed by atoms with Crippen LogP contribution in [0.1, 0.15) is 16.7 Å². The average molecular weight is 295 g/mol. The number of Topliss-reactive ketones (excluding diaryl/α,β-unsaturated/α-hetero) is 1. The summed E-state index contributed by atoms with van der Waals surface area (Å²) >= 11 is 0. The molecule has 1 aliphatic heterocycles. The molecule has 4 nitrogen and oxygen atoms in total. The molecule has 2 aromatic rings. The average Bonchev–Trinajstić information content (AvgIpc) is 2.53. The van der Waals surface area contributed by atoms with Gasteiger partial charge in [-0.1, -0.05) is 53.2 Å². The minimum absolute atomic E-state index is 0.00657. The second-order valence-corrected chi connectivity index (χ2v) is 5.54. The Hall–Kier alpha value is -2.62. The molecule has 0 fully saturated rings. The van der Waals surface area contributed by atoms with Crippen LogP contribution < -0.4 is 4.74 Å². The molecule has 0 amide bonds. The van der Waals surface area contributed by atoms with Gasteiger partial charge in [-0.2, -0.15) is 0 Å². The number of hydrogen-bond donors (Lipinski definition) is 1. The van der Waals surface area contributed by atoms with Crippen LogP contribution in [0.25, 0.3) is 0 Å². The molecule has 4 heteroatoms. The monoisotopic (exact) mass is 295 g/mol. The van der Waals surface area contributed by atoms with Gasteiger partial charge in [0, 0.05) is 6.42 Å². The van der Waals surface area contributed by atoms with E-state index in [1.54, 1.807) is 0 Å². The SMILES string of the molecule is Cc1cccc(CC(=O)C2Cc3ccccc3O/C2=N/O)c1. The van der Waals surface area contributed by atoms with Crippen molar-refractivity contribution in [2.24, 2.45) is 11.1 Å². The highest BCUT2D eigenvalue weighted by Gasteiger charge is 2.32. The van der Waals surface area contributed by atoms with Crippen molar-refractivity contribution in [2.75, 3.05) is 0 Å². The lowest BCUT2D eigenvalue weighted by Crippen LogP contribution is -2.35. The quantitative estimate of drug-likeness (QED) is 0.699. The van der Waals surface area contributed by atoms with Crippen LogP contribution in [0.15, 0.2) is 53.7 Å². The van der Waals surface area contributed by atoms with E-state index in [2.05, 4.69) is 5.16 Å². The number of fused-ring (bicyclic) bond motifs is 1. The summed E-state index contributed by atoms with van der Waals surface area (Å²) in [6.45, 7) is 1.99. The van der Waals surface area contributed by atoms with Gasteiger partial charge in [-0.25, -0.2) is 0 Å². The van der Waals surface area contributed by atoms with E-state index >= 15 is 0 Å². The smallest absolute Gasteiger partial charge is 0.241 e. The van der Waals surface area contributed by atoms with Gasteiger partial charge in [0.15, 0.2) is 0 Å². The van der Waals surface area contributed by atoms with Crippen molar-refractivity contribution in [2.45, 2.75) is 19.8 Å². The fourth-order valence-corrected chi connectivity index (χ4v) is 2.75. The Morgan fingerprint density at radius 1 is 1.27 bits per heavy atom. The molecule has 1 aliphatic rings. The minimum atomic E-state index is -0.541. The van der Waals surface area contributed by atoms with Crippen molar-refractivity contribution >= 4 is 11.7 Å². The molecule has 3 rings (SSSR count). The van der Waals surface area contributed by atoms with Gasteiger partial charge in [-0.15, -0.1) is 0 Å². The Labute approximate surface area is 129 Å². The van der Waals surface area contributed by atoms with Crippen LogP contribution in [0.5, 0.6) is 5.75 Å². The van der Waals surface area contributed by atoms with E-state index in [0.29, 0.717) is 18.6 Å². The molecule has 0 radical (unpaired) electrons. The Morgan fingerprint density at radius 2 is 2.09 bits per heavy atom. The van der Waals surface area contributed by atoms with Crippen molar-refractivity contribution in [1.29, 1.82) is 0 Å². The lowest BCUT2D eigenvalue weighted by Gasteiger charge is -2.24. The molecule has 0 spiro atoms. The third kappa shape index (κ3) is 2.86. The number of carbonyl (C=O) groups excluding carboxylic acids is 1. The standard InChI is InChI=1S/C18H17NO3/c1-12-5-4-6-13(9-12)10-16(20)15-11-14-7-2-3-8-17(14)22-18(15)19-21/h2-9,15,21H,10-11H2,1H3/b19-18+. The first kappa shape index (κ1) is 14.3. The molecule has 0 saturated carbocycles. The maximum atomic E-state index is 12.6. The number of oxime groups is 1. The molecule has 22 heavy (non-hydrogen) atoms. The zero-order valence-electron chi connectivity index (χ0n) is 12.3.